The molecule has 11 N–H and O–H groups in total. The molecule has 63 heavy (non-hydrogen) atoms. The normalized spacial score (nSPS) is 58.1. The first kappa shape index (κ1) is 48.5. The second-order valence-electron chi connectivity index (χ2n) is 22.8. The summed E-state index contributed by atoms with van der Waals surface area (Å²) < 4.78 is 35.7. The van der Waals surface area contributed by atoms with E-state index >= 15 is 0 Å². The first-order chi connectivity index (χ1) is 29.3. The van der Waals surface area contributed by atoms with Crippen molar-refractivity contribution in [2.24, 2.45) is 44.8 Å². The molecular formula is C46H76O17. The zero-order valence-corrected chi connectivity index (χ0v) is 38.1. The van der Waals surface area contributed by atoms with Gasteiger partial charge in [0.25, 0.3) is 0 Å². The Hall–Kier alpha value is -0.940. The Morgan fingerprint density at radius 3 is 1.92 bits per heavy atom. The van der Waals surface area contributed by atoms with Gasteiger partial charge >= 0.3 is 0 Å². The highest BCUT2D eigenvalue weighted by atomic mass is 16.8. The van der Waals surface area contributed by atoms with Crippen LogP contribution in [-0.4, -0.2) is 173 Å². The highest BCUT2D eigenvalue weighted by Crippen LogP contribution is 2.75. The van der Waals surface area contributed by atoms with E-state index in [0.29, 0.717) is 25.2 Å². The molecular weight excluding hydrogens is 824 g/mol. The molecule has 7 fully saturated rings. The van der Waals surface area contributed by atoms with Gasteiger partial charge in [-0.1, -0.05) is 53.2 Å². The first-order valence-corrected chi connectivity index (χ1v) is 23.3. The minimum absolute atomic E-state index is 0.0318. The third kappa shape index (κ3) is 7.54. The van der Waals surface area contributed by atoms with E-state index in [1.807, 2.05) is 0 Å². The molecule has 3 saturated heterocycles. The van der Waals surface area contributed by atoms with Gasteiger partial charge in [0, 0.05) is 5.41 Å². The van der Waals surface area contributed by atoms with Gasteiger partial charge < -0.3 is 84.6 Å². The molecule has 5 aliphatic carbocycles. The third-order valence-corrected chi connectivity index (χ3v) is 18.7. The summed E-state index contributed by atoms with van der Waals surface area (Å²) in [6, 6.07) is 0. The average molecular weight is 901 g/mol. The van der Waals surface area contributed by atoms with Gasteiger partial charge in [-0.15, -0.1) is 0 Å². The van der Waals surface area contributed by atoms with Gasteiger partial charge in [0.2, 0.25) is 0 Å². The zero-order chi connectivity index (χ0) is 46.1. The molecule has 0 radical (unpaired) electrons. The molecule has 0 aromatic rings. The summed E-state index contributed by atoms with van der Waals surface area (Å²) in [6.07, 6.45) is -16.9. The second-order valence-corrected chi connectivity index (χ2v) is 22.8. The molecule has 362 valence electrons. The quantitative estimate of drug-likeness (QED) is 0.121. The molecule has 9 unspecified atom stereocenters. The zero-order valence-electron chi connectivity index (χ0n) is 38.1. The van der Waals surface area contributed by atoms with Crippen molar-refractivity contribution in [3.63, 3.8) is 0 Å². The van der Waals surface area contributed by atoms with Crippen LogP contribution < -0.4 is 0 Å². The van der Waals surface area contributed by atoms with Crippen LogP contribution in [-0.2, 0) is 28.4 Å². The van der Waals surface area contributed by atoms with Crippen molar-refractivity contribution in [3.8, 4) is 0 Å². The summed E-state index contributed by atoms with van der Waals surface area (Å²) in [7, 11) is 0. The summed E-state index contributed by atoms with van der Waals surface area (Å²) in [6.45, 7) is 16.4. The lowest BCUT2D eigenvalue weighted by atomic mass is 9.34. The Kier molecular flexibility index (Phi) is 12.8. The molecule has 0 aromatic heterocycles. The van der Waals surface area contributed by atoms with Gasteiger partial charge in [-0.25, -0.2) is 0 Å². The van der Waals surface area contributed by atoms with Crippen molar-refractivity contribution in [1.29, 1.82) is 0 Å². The molecule has 8 aliphatic rings. The first-order valence-electron chi connectivity index (χ1n) is 23.3. The van der Waals surface area contributed by atoms with Crippen LogP contribution in [0.5, 0.6) is 0 Å². The summed E-state index contributed by atoms with van der Waals surface area (Å²) in [5.41, 5.74) is -0.554. The fourth-order valence-electron chi connectivity index (χ4n) is 14.5. The lowest BCUT2D eigenvalue weighted by molar-refractivity contribution is -0.409. The molecule has 3 aliphatic heterocycles. The number of aliphatic hydroxyl groups excluding tert-OH is 10. The number of hydrogen-bond acceptors (Lipinski definition) is 17. The fourth-order valence-corrected chi connectivity index (χ4v) is 14.5. The largest absolute Gasteiger partial charge is 0.394 e. The number of fused-ring (bicyclic) bond motifs is 7. The van der Waals surface area contributed by atoms with Gasteiger partial charge in [0.15, 0.2) is 25.2 Å². The number of rotatable bonds is 7. The van der Waals surface area contributed by atoms with Crippen molar-refractivity contribution >= 4 is 0 Å². The molecule has 17 nitrogen and oxygen atoms in total. The van der Waals surface area contributed by atoms with Gasteiger partial charge in [-0.05, 0) is 111 Å². The topological polar surface area (TPSA) is 278 Å². The molecule has 0 bridgehead atoms. The summed E-state index contributed by atoms with van der Waals surface area (Å²) in [5, 5.41) is 121. The summed E-state index contributed by atoms with van der Waals surface area (Å²) in [4.78, 5) is 0. The Bertz CT molecular complexity index is 1700. The Morgan fingerprint density at radius 2 is 1.25 bits per heavy atom. The maximum Gasteiger partial charge on any atom is 0.190 e. The minimum Gasteiger partial charge on any atom is -0.394 e. The highest BCUT2D eigenvalue weighted by molar-refractivity contribution is 5.34. The van der Waals surface area contributed by atoms with Gasteiger partial charge in [-0.3, -0.25) is 0 Å². The molecule has 25 atom stereocenters. The van der Waals surface area contributed by atoms with E-state index in [0.717, 1.165) is 38.5 Å². The molecule has 8 rings (SSSR count). The van der Waals surface area contributed by atoms with Crippen LogP contribution in [0.2, 0.25) is 0 Å². The number of aliphatic hydroxyl groups is 11. The van der Waals surface area contributed by atoms with E-state index in [9.17, 15) is 56.2 Å². The Labute approximate surface area is 370 Å². The van der Waals surface area contributed by atoms with Crippen LogP contribution in [0.1, 0.15) is 113 Å². The molecule has 4 saturated carbocycles. The van der Waals surface area contributed by atoms with Crippen molar-refractivity contribution in [1.82, 2.24) is 0 Å². The smallest absolute Gasteiger partial charge is 0.190 e. The van der Waals surface area contributed by atoms with E-state index in [-0.39, 0.29) is 45.0 Å². The van der Waals surface area contributed by atoms with E-state index in [1.165, 1.54) is 12.5 Å². The van der Waals surface area contributed by atoms with Crippen LogP contribution in [0.15, 0.2) is 11.6 Å². The summed E-state index contributed by atoms with van der Waals surface area (Å²) in [5.74, 6) is 0.298. The van der Waals surface area contributed by atoms with E-state index in [1.54, 1.807) is 6.92 Å². The molecule has 0 aromatic carbocycles. The van der Waals surface area contributed by atoms with E-state index in [4.69, 9.17) is 28.4 Å². The second kappa shape index (κ2) is 16.6. The molecule has 0 amide bonds. The molecule has 0 spiro atoms. The fraction of sp³-hybridized carbons (Fsp3) is 0.957. The molecule has 17 heteroatoms. The van der Waals surface area contributed by atoms with Crippen molar-refractivity contribution < 1.29 is 84.6 Å². The van der Waals surface area contributed by atoms with Crippen LogP contribution in [0.4, 0.5) is 0 Å². The number of allylic oxidation sites excluding steroid dienone is 2. The predicted octanol–water partition coefficient (Wildman–Crippen LogP) is 0.322. The standard InChI is InChI=1S/C46H76O17/c1-20-28(49)30(51)34(55)38(58-20)61-35-31(52)29(50)23(19-47)59-39(35)62-36-32(53)33(54)37(56)63-40(36)60-27-12-13-43(5)24-10-9-21-22-17-41(2,3)18-26(48)42(22,4)15-16-44(21,6)45(24,7)14-11-25(43)46(27,8)57/h9,20,22-40,47-57H,10-19H2,1-8H3/t20?,22?,23?,24?,25?,26-,27+,28+,29+,30+,31+,32+,33-,34?,35?,36?,37?,38+,39+,40-,42-,43-,44-,45-,46-/m1/s1. The van der Waals surface area contributed by atoms with Gasteiger partial charge in [0.05, 0.1) is 30.5 Å². The third-order valence-electron chi connectivity index (χ3n) is 18.7. The van der Waals surface area contributed by atoms with Crippen molar-refractivity contribution in [3.05, 3.63) is 11.6 Å². The lowest BCUT2D eigenvalue weighted by Gasteiger charge is -2.71. The minimum atomic E-state index is -1.94. The van der Waals surface area contributed by atoms with Crippen LogP contribution in [0.3, 0.4) is 0 Å². The van der Waals surface area contributed by atoms with Crippen LogP contribution in [0.25, 0.3) is 0 Å². The maximum absolute atomic E-state index is 12.8. The SMILES string of the molecule is CC1O[C@@H](OC2[C@H](OC3[C@H](O[C@H]4CC[C@@]5(C)C(CC[C@]6(C)C5CC=C5C7CC(C)(C)C[C@@H](O)[C@]7(C)CC[C@]56C)[C@@]4(C)O)OC(O)[C@H](O)[C@@H]3O)OC(CO)[C@H](O)[C@@H]2O)C(O)[C@@H](O)[C@H]1O. The van der Waals surface area contributed by atoms with Gasteiger partial charge in [0.1, 0.15) is 61.0 Å². The van der Waals surface area contributed by atoms with E-state index in [2.05, 4.69) is 47.6 Å². The highest BCUT2D eigenvalue weighted by Gasteiger charge is 2.70. The van der Waals surface area contributed by atoms with Crippen molar-refractivity contribution in [2.75, 3.05) is 6.61 Å². The maximum atomic E-state index is 12.8. The average Bonchev–Trinajstić information content (AvgIpc) is 3.21. The van der Waals surface area contributed by atoms with E-state index < -0.39 is 111 Å². The van der Waals surface area contributed by atoms with Crippen LogP contribution in [0, 0.1) is 44.8 Å². The van der Waals surface area contributed by atoms with Gasteiger partial charge in [-0.2, -0.15) is 0 Å². The Morgan fingerprint density at radius 1 is 0.619 bits per heavy atom. The molecule has 3 heterocycles. The predicted molar refractivity (Wildman–Crippen MR) is 221 cm³/mol. The summed E-state index contributed by atoms with van der Waals surface area (Å²) >= 11 is 0. The number of ether oxygens (including phenoxy) is 6. The number of hydrogen-bond donors (Lipinski definition) is 11. The van der Waals surface area contributed by atoms with Crippen LogP contribution >= 0.6 is 0 Å². The Balaban J connectivity index is 1.04. The van der Waals surface area contributed by atoms with Crippen molar-refractivity contribution in [2.45, 2.75) is 223 Å². The lowest BCUT2D eigenvalue weighted by Crippen LogP contribution is -2.69. The monoisotopic (exact) mass is 901 g/mol.